The van der Waals surface area contributed by atoms with Gasteiger partial charge in [-0.25, -0.2) is 4.39 Å². The van der Waals surface area contributed by atoms with Crippen molar-refractivity contribution < 1.29 is 9.50 Å². The van der Waals surface area contributed by atoms with Gasteiger partial charge in [-0.3, -0.25) is 0 Å². The van der Waals surface area contributed by atoms with E-state index in [9.17, 15) is 9.50 Å². The van der Waals surface area contributed by atoms with E-state index in [-0.39, 0.29) is 11.8 Å². The van der Waals surface area contributed by atoms with Crippen LogP contribution in [0.4, 0.5) is 4.39 Å². The second-order valence-corrected chi connectivity index (χ2v) is 5.14. The third kappa shape index (κ3) is 0.819. The summed E-state index contributed by atoms with van der Waals surface area (Å²) in [6, 6.07) is 0. The minimum atomic E-state index is -0.596. The van der Waals surface area contributed by atoms with Gasteiger partial charge in [0.25, 0.3) is 0 Å². The Labute approximate surface area is 72.0 Å². The summed E-state index contributed by atoms with van der Waals surface area (Å²) in [5.74, 6) is 1.03. The molecule has 0 spiro atoms. The fraction of sp³-hybridized carbons (Fsp3) is 1.00. The molecule has 1 nitrogen and oxygen atoms in total. The van der Waals surface area contributed by atoms with Gasteiger partial charge < -0.3 is 5.11 Å². The van der Waals surface area contributed by atoms with Gasteiger partial charge in [0, 0.05) is 0 Å². The molecule has 2 heteroatoms. The monoisotopic (exact) mass is 170 g/mol. The first kappa shape index (κ1) is 7.31. The molecule has 12 heavy (non-hydrogen) atoms. The summed E-state index contributed by atoms with van der Waals surface area (Å²) in [6.45, 7) is 0. The van der Waals surface area contributed by atoms with E-state index in [2.05, 4.69) is 0 Å². The molecular formula is C10H15FO. The van der Waals surface area contributed by atoms with Crippen molar-refractivity contribution in [3.8, 4) is 0 Å². The second kappa shape index (κ2) is 2.03. The lowest BCUT2D eigenvalue weighted by Gasteiger charge is -2.55. The average molecular weight is 170 g/mol. The minimum Gasteiger partial charge on any atom is -0.390 e. The van der Waals surface area contributed by atoms with Crippen molar-refractivity contribution in [2.24, 2.45) is 17.8 Å². The Hall–Kier alpha value is -0.110. The first-order valence-corrected chi connectivity index (χ1v) is 5.03. The lowest BCUT2D eigenvalue weighted by Crippen LogP contribution is -2.55. The maximum atomic E-state index is 13.5. The van der Waals surface area contributed by atoms with E-state index < -0.39 is 11.8 Å². The van der Waals surface area contributed by atoms with Crippen molar-refractivity contribution in [1.29, 1.82) is 0 Å². The highest BCUT2D eigenvalue weighted by Gasteiger charge is 2.54. The van der Waals surface area contributed by atoms with Crippen molar-refractivity contribution in [2.75, 3.05) is 0 Å². The number of rotatable bonds is 0. The van der Waals surface area contributed by atoms with Crippen LogP contribution in [0.2, 0.25) is 0 Å². The van der Waals surface area contributed by atoms with Gasteiger partial charge >= 0.3 is 0 Å². The second-order valence-electron chi connectivity index (χ2n) is 5.14. The number of alkyl halides is 1. The Morgan fingerprint density at radius 2 is 1.67 bits per heavy atom. The summed E-state index contributed by atoms with van der Waals surface area (Å²) < 4.78 is 13.5. The van der Waals surface area contributed by atoms with Crippen LogP contribution in [0.25, 0.3) is 0 Å². The smallest absolute Gasteiger partial charge is 0.106 e. The van der Waals surface area contributed by atoms with E-state index in [4.69, 9.17) is 0 Å². The molecule has 0 saturated heterocycles. The third-order valence-corrected chi connectivity index (χ3v) is 4.13. The largest absolute Gasteiger partial charge is 0.390 e. The molecule has 0 aliphatic heterocycles. The fourth-order valence-electron chi connectivity index (χ4n) is 3.92. The van der Waals surface area contributed by atoms with Gasteiger partial charge in [0.2, 0.25) is 0 Å². The van der Waals surface area contributed by atoms with E-state index in [1.165, 1.54) is 0 Å². The number of hydrogen-bond donors (Lipinski definition) is 1. The molecule has 4 aliphatic rings. The first-order chi connectivity index (χ1) is 5.66. The zero-order chi connectivity index (χ0) is 8.34. The Morgan fingerprint density at radius 1 is 1.08 bits per heavy atom. The summed E-state index contributed by atoms with van der Waals surface area (Å²) in [4.78, 5) is 0. The normalized spacial score (nSPS) is 62.5. The molecule has 5 atom stereocenters. The van der Waals surface area contributed by atoms with Crippen LogP contribution in [0, 0.1) is 17.8 Å². The summed E-state index contributed by atoms with van der Waals surface area (Å²) >= 11 is 0. The molecule has 0 aromatic rings. The molecule has 0 radical (unpaired) electrons. The molecule has 4 rings (SSSR count). The Morgan fingerprint density at radius 3 is 2.17 bits per heavy atom. The van der Waals surface area contributed by atoms with Crippen LogP contribution in [-0.4, -0.2) is 16.9 Å². The molecule has 0 heterocycles. The number of aliphatic hydroxyl groups is 1. The fourth-order valence-corrected chi connectivity index (χ4v) is 3.92. The molecule has 4 fully saturated rings. The molecule has 68 valence electrons. The molecule has 0 amide bonds. The van der Waals surface area contributed by atoms with Crippen LogP contribution >= 0.6 is 0 Å². The number of hydrogen-bond acceptors (Lipinski definition) is 1. The van der Waals surface area contributed by atoms with E-state index in [0.29, 0.717) is 5.92 Å². The molecule has 4 aliphatic carbocycles. The lowest BCUT2D eigenvalue weighted by molar-refractivity contribution is -0.156. The maximum Gasteiger partial charge on any atom is 0.106 e. The molecule has 4 bridgehead atoms. The van der Waals surface area contributed by atoms with E-state index in [1.807, 2.05) is 0 Å². The quantitative estimate of drug-likeness (QED) is 0.588. The summed E-state index contributed by atoms with van der Waals surface area (Å²) in [5, 5.41) is 10.1. The Bertz CT molecular complexity index is 200. The predicted molar refractivity (Wildman–Crippen MR) is 43.4 cm³/mol. The van der Waals surface area contributed by atoms with Gasteiger partial charge in [0.1, 0.15) is 6.17 Å². The highest BCUT2D eigenvalue weighted by atomic mass is 19.1. The molecule has 0 aromatic heterocycles. The van der Waals surface area contributed by atoms with E-state index in [0.717, 1.165) is 32.1 Å². The van der Waals surface area contributed by atoms with E-state index >= 15 is 0 Å². The topological polar surface area (TPSA) is 20.2 Å². The van der Waals surface area contributed by atoms with Crippen LogP contribution in [0.15, 0.2) is 0 Å². The molecular weight excluding hydrogens is 155 g/mol. The van der Waals surface area contributed by atoms with Crippen molar-refractivity contribution in [3.05, 3.63) is 0 Å². The summed E-state index contributed by atoms with van der Waals surface area (Å²) in [6.07, 6.45) is 3.91. The maximum absolute atomic E-state index is 13.5. The van der Waals surface area contributed by atoms with Gasteiger partial charge in [0.15, 0.2) is 0 Å². The van der Waals surface area contributed by atoms with E-state index in [1.54, 1.807) is 0 Å². The molecule has 4 saturated carbocycles. The van der Waals surface area contributed by atoms with Gasteiger partial charge in [-0.05, 0) is 49.9 Å². The van der Waals surface area contributed by atoms with Crippen molar-refractivity contribution in [3.63, 3.8) is 0 Å². The zero-order valence-corrected chi connectivity index (χ0v) is 7.17. The average Bonchev–Trinajstić information content (AvgIpc) is 1.96. The van der Waals surface area contributed by atoms with Gasteiger partial charge in [0.05, 0.1) is 5.60 Å². The van der Waals surface area contributed by atoms with Crippen LogP contribution in [-0.2, 0) is 0 Å². The lowest BCUT2D eigenvalue weighted by atomic mass is 9.53. The van der Waals surface area contributed by atoms with Gasteiger partial charge in [-0.2, -0.15) is 0 Å². The van der Waals surface area contributed by atoms with Crippen LogP contribution < -0.4 is 0 Å². The van der Waals surface area contributed by atoms with Crippen molar-refractivity contribution >= 4 is 0 Å². The predicted octanol–water partition coefficient (Wildman–Crippen LogP) is 1.90. The van der Waals surface area contributed by atoms with Crippen LogP contribution in [0.5, 0.6) is 0 Å². The Kier molecular flexibility index (Phi) is 1.24. The highest BCUT2D eigenvalue weighted by molar-refractivity contribution is 5.05. The zero-order valence-electron chi connectivity index (χ0n) is 7.17. The number of halogens is 1. The van der Waals surface area contributed by atoms with Crippen molar-refractivity contribution in [1.82, 2.24) is 0 Å². The van der Waals surface area contributed by atoms with Crippen LogP contribution in [0.1, 0.15) is 32.1 Å². The summed E-state index contributed by atoms with van der Waals surface area (Å²) in [5.41, 5.74) is -0.459. The van der Waals surface area contributed by atoms with Gasteiger partial charge in [-0.15, -0.1) is 0 Å². The molecule has 0 aromatic carbocycles. The molecule has 3 unspecified atom stereocenters. The summed E-state index contributed by atoms with van der Waals surface area (Å²) in [7, 11) is 0. The third-order valence-electron chi connectivity index (χ3n) is 4.13. The highest BCUT2D eigenvalue weighted by Crippen LogP contribution is 2.56. The Balaban J connectivity index is 1.95. The first-order valence-electron chi connectivity index (χ1n) is 5.03. The SMILES string of the molecule is OC12CC3C[C@H](C1)C(F)[C@@H](C3)C2. The minimum absolute atomic E-state index is 0.196. The standard InChI is InChI=1S/C10H15FO/c11-9-7-1-6-2-8(9)5-10(12,3-6)4-7/h6-9,12H,1-5H2/t6?,7-,8+,9?,10?. The molecule has 1 N–H and O–H groups in total. The van der Waals surface area contributed by atoms with Gasteiger partial charge in [-0.1, -0.05) is 0 Å². The van der Waals surface area contributed by atoms with Crippen molar-refractivity contribution in [2.45, 2.75) is 43.9 Å². The van der Waals surface area contributed by atoms with Crippen LogP contribution in [0.3, 0.4) is 0 Å².